The first-order chi connectivity index (χ1) is 5.43. The first-order valence-corrected chi connectivity index (χ1v) is 4.36. The normalized spacial score (nSPS) is 20.9. The summed E-state index contributed by atoms with van der Waals surface area (Å²) in [6, 6.07) is 0. The number of nitrogens with zero attached hydrogens (tertiary/aromatic N) is 1. The lowest BCUT2D eigenvalue weighted by Crippen LogP contribution is -2.63. The fraction of sp³-hybridized carbons (Fsp3) is 0.889. The lowest BCUT2D eigenvalue weighted by Gasteiger charge is -2.48. The molecule has 0 saturated carbocycles. The van der Waals surface area contributed by atoms with Crippen LogP contribution in [-0.2, 0) is 9.53 Å². The first kappa shape index (κ1) is 9.52. The van der Waals surface area contributed by atoms with Crippen molar-refractivity contribution in [3.8, 4) is 0 Å². The average Bonchev–Trinajstić information content (AvgIpc) is 1.80. The van der Waals surface area contributed by atoms with Gasteiger partial charge in [-0.05, 0) is 20.8 Å². The Balaban J connectivity index is 2.35. The van der Waals surface area contributed by atoms with E-state index in [-0.39, 0.29) is 17.6 Å². The van der Waals surface area contributed by atoms with Crippen LogP contribution in [0.25, 0.3) is 0 Å². The van der Waals surface area contributed by atoms with Crippen molar-refractivity contribution in [3.63, 3.8) is 0 Å². The zero-order valence-corrected chi connectivity index (χ0v) is 8.26. The van der Waals surface area contributed by atoms with E-state index in [9.17, 15) is 4.79 Å². The quantitative estimate of drug-likeness (QED) is 0.621. The maximum atomic E-state index is 10.9. The molecule has 0 aromatic rings. The average molecular weight is 171 g/mol. The fourth-order valence-corrected chi connectivity index (χ4v) is 1.63. The summed E-state index contributed by atoms with van der Waals surface area (Å²) >= 11 is 0. The van der Waals surface area contributed by atoms with Gasteiger partial charge in [-0.15, -0.1) is 0 Å². The Bertz CT molecular complexity index is 183. The minimum Gasteiger partial charge on any atom is -0.369 e. The summed E-state index contributed by atoms with van der Waals surface area (Å²) < 4.78 is 5.66. The van der Waals surface area contributed by atoms with E-state index in [1.54, 1.807) is 11.8 Å². The maximum Gasteiger partial charge on any atom is 0.219 e. The van der Waals surface area contributed by atoms with Gasteiger partial charge in [-0.3, -0.25) is 4.79 Å². The summed E-state index contributed by atoms with van der Waals surface area (Å²) in [4.78, 5) is 12.7. The van der Waals surface area contributed by atoms with Gasteiger partial charge in [0.15, 0.2) is 0 Å². The Morgan fingerprint density at radius 2 is 2.00 bits per heavy atom. The second-order valence-corrected chi connectivity index (χ2v) is 3.99. The van der Waals surface area contributed by atoms with Crippen LogP contribution >= 0.6 is 0 Å². The van der Waals surface area contributed by atoms with Gasteiger partial charge >= 0.3 is 0 Å². The largest absolute Gasteiger partial charge is 0.369 e. The molecule has 0 aromatic carbocycles. The second kappa shape index (κ2) is 3.05. The minimum absolute atomic E-state index is 0.0974. The topological polar surface area (TPSA) is 29.5 Å². The Hall–Kier alpha value is -0.570. The van der Waals surface area contributed by atoms with Crippen molar-refractivity contribution in [2.45, 2.75) is 39.4 Å². The summed E-state index contributed by atoms with van der Waals surface area (Å²) in [7, 11) is 0. The summed E-state index contributed by atoms with van der Waals surface area (Å²) in [5, 5.41) is 0. The number of hydrogen-bond acceptors (Lipinski definition) is 2. The zero-order chi connectivity index (χ0) is 9.35. The van der Waals surface area contributed by atoms with E-state index in [4.69, 9.17) is 4.74 Å². The van der Waals surface area contributed by atoms with Gasteiger partial charge in [0, 0.05) is 6.92 Å². The van der Waals surface area contributed by atoms with Crippen molar-refractivity contribution < 1.29 is 9.53 Å². The van der Waals surface area contributed by atoms with Crippen LogP contribution in [0.2, 0.25) is 0 Å². The van der Waals surface area contributed by atoms with Crippen molar-refractivity contribution in [1.82, 2.24) is 4.90 Å². The van der Waals surface area contributed by atoms with Gasteiger partial charge in [0.05, 0.1) is 19.2 Å². The predicted octanol–water partition coefficient (Wildman–Crippen LogP) is 1.03. The van der Waals surface area contributed by atoms with E-state index >= 15 is 0 Å². The van der Waals surface area contributed by atoms with Crippen LogP contribution in [0.5, 0.6) is 0 Å². The summed E-state index contributed by atoms with van der Waals surface area (Å²) in [6.45, 7) is 9.14. The first-order valence-electron chi connectivity index (χ1n) is 4.36. The third kappa shape index (κ3) is 1.97. The molecule has 1 aliphatic rings. The molecule has 0 bridgehead atoms. The van der Waals surface area contributed by atoms with E-state index in [1.165, 1.54) is 0 Å². The van der Waals surface area contributed by atoms with Crippen molar-refractivity contribution in [2.75, 3.05) is 13.1 Å². The highest BCUT2D eigenvalue weighted by Gasteiger charge is 2.41. The van der Waals surface area contributed by atoms with Gasteiger partial charge in [0.25, 0.3) is 0 Å². The standard InChI is InChI=1S/C9H17NO2/c1-7(2)12-9(4)5-10(6-9)8(3)11/h7H,5-6H2,1-4H3. The van der Waals surface area contributed by atoms with Crippen LogP contribution in [0.3, 0.4) is 0 Å². The zero-order valence-electron chi connectivity index (χ0n) is 8.26. The minimum atomic E-state index is -0.0974. The number of carbonyl (C=O) groups excluding carboxylic acids is 1. The molecule has 0 spiro atoms. The van der Waals surface area contributed by atoms with Crippen LogP contribution in [0, 0.1) is 0 Å². The van der Waals surface area contributed by atoms with E-state index in [0.29, 0.717) is 0 Å². The fourth-order valence-electron chi connectivity index (χ4n) is 1.63. The maximum absolute atomic E-state index is 10.9. The summed E-state index contributed by atoms with van der Waals surface area (Å²) in [6.07, 6.45) is 0.240. The highest BCUT2D eigenvalue weighted by atomic mass is 16.5. The molecule has 1 amide bonds. The lowest BCUT2D eigenvalue weighted by atomic mass is 9.96. The highest BCUT2D eigenvalue weighted by Crippen LogP contribution is 2.25. The number of ether oxygens (including phenoxy) is 1. The van der Waals surface area contributed by atoms with E-state index in [2.05, 4.69) is 0 Å². The summed E-state index contributed by atoms with van der Waals surface area (Å²) in [5.74, 6) is 0.139. The molecule has 3 nitrogen and oxygen atoms in total. The summed E-state index contributed by atoms with van der Waals surface area (Å²) in [5.41, 5.74) is -0.0974. The third-order valence-corrected chi connectivity index (χ3v) is 2.02. The van der Waals surface area contributed by atoms with Crippen LogP contribution in [0.1, 0.15) is 27.7 Å². The number of rotatable bonds is 2. The van der Waals surface area contributed by atoms with E-state index < -0.39 is 0 Å². The van der Waals surface area contributed by atoms with Crippen molar-refractivity contribution >= 4 is 5.91 Å². The molecule has 1 saturated heterocycles. The SMILES string of the molecule is CC(=O)N1CC(C)(OC(C)C)C1. The highest BCUT2D eigenvalue weighted by molar-refractivity contribution is 5.74. The van der Waals surface area contributed by atoms with E-state index in [1.807, 2.05) is 20.8 Å². The smallest absolute Gasteiger partial charge is 0.219 e. The van der Waals surface area contributed by atoms with Crippen LogP contribution in [0.4, 0.5) is 0 Å². The lowest BCUT2D eigenvalue weighted by molar-refractivity contribution is -0.171. The Morgan fingerprint density at radius 1 is 1.50 bits per heavy atom. The van der Waals surface area contributed by atoms with Crippen molar-refractivity contribution in [2.24, 2.45) is 0 Å². The number of amides is 1. The predicted molar refractivity (Wildman–Crippen MR) is 46.9 cm³/mol. The van der Waals surface area contributed by atoms with E-state index in [0.717, 1.165) is 13.1 Å². The molecule has 1 heterocycles. The van der Waals surface area contributed by atoms with Gasteiger partial charge in [-0.2, -0.15) is 0 Å². The molecule has 0 aromatic heterocycles. The monoisotopic (exact) mass is 171 g/mol. The van der Waals surface area contributed by atoms with Gasteiger partial charge in [-0.25, -0.2) is 0 Å². The van der Waals surface area contributed by atoms with Gasteiger partial charge in [-0.1, -0.05) is 0 Å². The molecule has 0 radical (unpaired) electrons. The second-order valence-electron chi connectivity index (χ2n) is 3.99. The molecule has 0 unspecified atom stereocenters. The van der Waals surface area contributed by atoms with Gasteiger partial charge in [0.2, 0.25) is 5.91 Å². The molecule has 0 atom stereocenters. The van der Waals surface area contributed by atoms with Gasteiger partial charge < -0.3 is 9.64 Å². The number of carbonyl (C=O) groups is 1. The molecule has 12 heavy (non-hydrogen) atoms. The Labute approximate surface area is 73.7 Å². The Kier molecular flexibility index (Phi) is 2.42. The molecular weight excluding hydrogens is 154 g/mol. The van der Waals surface area contributed by atoms with Gasteiger partial charge in [0.1, 0.15) is 5.60 Å². The molecule has 1 fully saturated rings. The Morgan fingerprint density at radius 3 is 2.33 bits per heavy atom. The molecule has 0 aliphatic carbocycles. The molecule has 3 heteroatoms. The third-order valence-electron chi connectivity index (χ3n) is 2.02. The van der Waals surface area contributed by atoms with Crippen molar-refractivity contribution in [1.29, 1.82) is 0 Å². The van der Waals surface area contributed by atoms with Crippen LogP contribution < -0.4 is 0 Å². The number of hydrogen-bond donors (Lipinski definition) is 0. The molecule has 70 valence electrons. The van der Waals surface area contributed by atoms with Crippen LogP contribution in [0.15, 0.2) is 0 Å². The number of likely N-dealkylation sites (tertiary alicyclic amines) is 1. The van der Waals surface area contributed by atoms with Crippen molar-refractivity contribution in [3.05, 3.63) is 0 Å². The van der Waals surface area contributed by atoms with Crippen LogP contribution in [-0.4, -0.2) is 35.6 Å². The molecule has 0 N–H and O–H groups in total. The molecular formula is C9H17NO2. The molecule has 1 aliphatic heterocycles. The molecule has 1 rings (SSSR count).